The van der Waals surface area contributed by atoms with Crippen LogP contribution in [0, 0.1) is 19.8 Å². The Hall–Kier alpha value is -1.56. The summed E-state index contributed by atoms with van der Waals surface area (Å²) in [5, 5.41) is 2.90. The topological polar surface area (TPSA) is 66.5 Å². The van der Waals surface area contributed by atoms with Crippen LogP contribution < -0.4 is 9.62 Å². The fourth-order valence-corrected chi connectivity index (χ4v) is 3.66. The molecule has 0 spiro atoms. The van der Waals surface area contributed by atoms with E-state index in [1.807, 2.05) is 26.0 Å². The molecule has 0 aliphatic heterocycles. The van der Waals surface area contributed by atoms with E-state index in [1.54, 1.807) is 6.07 Å². The molecule has 1 amide bonds. The summed E-state index contributed by atoms with van der Waals surface area (Å²) >= 11 is 0. The van der Waals surface area contributed by atoms with E-state index in [-0.39, 0.29) is 12.5 Å². The Morgan fingerprint density at radius 1 is 1.24 bits per heavy atom. The molecule has 5 nitrogen and oxygen atoms in total. The summed E-state index contributed by atoms with van der Waals surface area (Å²) in [5.74, 6) is 0.178. The van der Waals surface area contributed by atoms with Gasteiger partial charge in [0, 0.05) is 6.54 Å². The second kappa shape index (κ2) is 9.80. The van der Waals surface area contributed by atoms with Gasteiger partial charge in [-0.2, -0.15) is 0 Å². The first kappa shape index (κ1) is 21.5. The number of unbranched alkanes of at least 4 members (excludes halogenated alkanes) is 1. The fraction of sp³-hybridized carbons (Fsp3) is 0.632. The molecule has 1 aromatic rings. The predicted molar refractivity (Wildman–Crippen MR) is 104 cm³/mol. The van der Waals surface area contributed by atoms with Crippen molar-refractivity contribution in [2.75, 3.05) is 23.7 Å². The summed E-state index contributed by atoms with van der Waals surface area (Å²) in [4.78, 5) is 12.3. The van der Waals surface area contributed by atoms with E-state index >= 15 is 0 Å². The Morgan fingerprint density at radius 3 is 2.48 bits per heavy atom. The Kier molecular flexibility index (Phi) is 8.42. The summed E-state index contributed by atoms with van der Waals surface area (Å²) in [6.45, 7) is 8.43. The highest BCUT2D eigenvalue weighted by Crippen LogP contribution is 2.23. The maximum Gasteiger partial charge on any atom is 0.240 e. The average Bonchev–Trinajstić information content (AvgIpc) is 2.54. The molecule has 142 valence electrons. The summed E-state index contributed by atoms with van der Waals surface area (Å²) in [7, 11) is -3.54. The molecule has 0 unspecified atom stereocenters. The van der Waals surface area contributed by atoms with Gasteiger partial charge in [0.15, 0.2) is 0 Å². The molecular formula is C19H32N2O3S. The minimum atomic E-state index is -3.54. The van der Waals surface area contributed by atoms with Gasteiger partial charge in [0.05, 0.1) is 11.9 Å². The smallest absolute Gasteiger partial charge is 0.240 e. The van der Waals surface area contributed by atoms with Crippen LogP contribution in [0.2, 0.25) is 0 Å². The zero-order chi connectivity index (χ0) is 19.0. The largest absolute Gasteiger partial charge is 0.354 e. The van der Waals surface area contributed by atoms with Crippen LogP contribution in [0.4, 0.5) is 5.69 Å². The number of nitrogens with zero attached hydrogens (tertiary/aromatic N) is 1. The summed E-state index contributed by atoms with van der Waals surface area (Å²) in [6.07, 6.45) is 5.51. The van der Waals surface area contributed by atoms with Crippen molar-refractivity contribution in [1.82, 2.24) is 5.32 Å². The Balaban J connectivity index is 2.83. The minimum absolute atomic E-state index is 0.187. The van der Waals surface area contributed by atoms with E-state index in [0.717, 1.165) is 43.1 Å². The number of hydrogen-bond acceptors (Lipinski definition) is 3. The van der Waals surface area contributed by atoms with Crippen LogP contribution in [0.3, 0.4) is 0 Å². The minimum Gasteiger partial charge on any atom is -0.354 e. The normalized spacial score (nSPS) is 12.7. The first-order valence-corrected chi connectivity index (χ1v) is 10.9. The van der Waals surface area contributed by atoms with Crippen molar-refractivity contribution in [2.45, 2.75) is 53.4 Å². The van der Waals surface area contributed by atoms with Gasteiger partial charge < -0.3 is 5.32 Å². The second-order valence-corrected chi connectivity index (χ2v) is 8.69. The van der Waals surface area contributed by atoms with Gasteiger partial charge in [-0.3, -0.25) is 9.10 Å². The zero-order valence-electron chi connectivity index (χ0n) is 16.1. The Morgan fingerprint density at radius 2 is 1.92 bits per heavy atom. The van der Waals surface area contributed by atoms with E-state index in [9.17, 15) is 13.2 Å². The van der Waals surface area contributed by atoms with E-state index in [0.29, 0.717) is 18.2 Å². The predicted octanol–water partition coefficient (Wildman–Crippen LogP) is 3.40. The van der Waals surface area contributed by atoms with Crippen molar-refractivity contribution in [3.63, 3.8) is 0 Å². The molecule has 1 atom stereocenters. The van der Waals surface area contributed by atoms with Gasteiger partial charge in [0.25, 0.3) is 0 Å². The molecule has 1 rings (SSSR count). The van der Waals surface area contributed by atoms with Crippen molar-refractivity contribution in [2.24, 2.45) is 5.92 Å². The quantitative estimate of drug-likeness (QED) is 0.688. The van der Waals surface area contributed by atoms with E-state index < -0.39 is 10.0 Å². The van der Waals surface area contributed by atoms with Gasteiger partial charge in [-0.1, -0.05) is 45.2 Å². The Bertz CT molecular complexity index is 671. The zero-order valence-corrected chi connectivity index (χ0v) is 16.9. The van der Waals surface area contributed by atoms with Gasteiger partial charge in [0.2, 0.25) is 15.9 Å². The molecule has 0 saturated heterocycles. The molecule has 0 aliphatic carbocycles. The van der Waals surface area contributed by atoms with Crippen LogP contribution >= 0.6 is 0 Å². The first-order chi connectivity index (χ1) is 11.7. The highest BCUT2D eigenvalue weighted by molar-refractivity contribution is 7.92. The SMILES string of the molecule is CCCC[C@H](CC)CNC(=O)CN(c1cc(C)ccc1C)S(C)(=O)=O. The lowest BCUT2D eigenvalue weighted by Gasteiger charge is -2.24. The third kappa shape index (κ3) is 7.06. The highest BCUT2D eigenvalue weighted by Gasteiger charge is 2.22. The molecule has 0 radical (unpaired) electrons. The number of nitrogens with one attached hydrogen (secondary N) is 1. The van der Waals surface area contributed by atoms with Crippen molar-refractivity contribution in [3.05, 3.63) is 29.3 Å². The molecule has 6 heteroatoms. The molecule has 0 heterocycles. The fourth-order valence-electron chi connectivity index (χ4n) is 2.76. The van der Waals surface area contributed by atoms with E-state index in [1.165, 1.54) is 4.31 Å². The maximum atomic E-state index is 12.3. The van der Waals surface area contributed by atoms with Crippen LogP contribution in [0.5, 0.6) is 0 Å². The molecule has 0 bridgehead atoms. The summed E-state index contributed by atoms with van der Waals surface area (Å²) < 4.78 is 25.6. The number of anilines is 1. The summed E-state index contributed by atoms with van der Waals surface area (Å²) in [5.41, 5.74) is 2.36. The number of amides is 1. The average molecular weight is 369 g/mol. The monoisotopic (exact) mass is 368 g/mol. The van der Waals surface area contributed by atoms with E-state index in [4.69, 9.17) is 0 Å². The molecule has 0 fully saturated rings. The molecule has 0 aromatic heterocycles. The number of benzene rings is 1. The lowest BCUT2D eigenvalue weighted by atomic mass is 9.99. The van der Waals surface area contributed by atoms with Gasteiger partial charge in [-0.15, -0.1) is 0 Å². The van der Waals surface area contributed by atoms with Gasteiger partial charge >= 0.3 is 0 Å². The number of rotatable bonds is 10. The van der Waals surface area contributed by atoms with Gasteiger partial charge in [-0.05, 0) is 43.4 Å². The second-order valence-electron chi connectivity index (χ2n) is 6.78. The van der Waals surface area contributed by atoms with Crippen molar-refractivity contribution >= 4 is 21.6 Å². The lowest BCUT2D eigenvalue weighted by Crippen LogP contribution is -2.42. The van der Waals surface area contributed by atoms with Crippen LogP contribution in [0.25, 0.3) is 0 Å². The van der Waals surface area contributed by atoms with Crippen LogP contribution in [0.15, 0.2) is 18.2 Å². The molecule has 1 aromatic carbocycles. The maximum absolute atomic E-state index is 12.3. The summed E-state index contributed by atoms with van der Waals surface area (Å²) in [6, 6.07) is 5.61. The molecule has 0 aliphatic rings. The lowest BCUT2D eigenvalue weighted by molar-refractivity contribution is -0.119. The number of aryl methyl sites for hydroxylation is 2. The van der Waals surface area contributed by atoms with Crippen molar-refractivity contribution in [1.29, 1.82) is 0 Å². The third-order valence-corrected chi connectivity index (χ3v) is 5.58. The number of carbonyl (C=O) groups is 1. The molecule has 1 N–H and O–H groups in total. The van der Waals surface area contributed by atoms with Crippen molar-refractivity contribution < 1.29 is 13.2 Å². The number of carbonyl (C=O) groups excluding carboxylic acids is 1. The van der Waals surface area contributed by atoms with Crippen LogP contribution in [-0.4, -0.2) is 33.7 Å². The van der Waals surface area contributed by atoms with Gasteiger partial charge in [0.1, 0.15) is 6.54 Å². The molecular weight excluding hydrogens is 336 g/mol. The van der Waals surface area contributed by atoms with Crippen LogP contribution in [-0.2, 0) is 14.8 Å². The Labute approximate surface area is 152 Å². The van der Waals surface area contributed by atoms with Crippen LogP contribution in [0.1, 0.15) is 50.7 Å². The highest BCUT2D eigenvalue weighted by atomic mass is 32.2. The molecule has 25 heavy (non-hydrogen) atoms. The third-order valence-electron chi connectivity index (χ3n) is 4.45. The number of hydrogen-bond donors (Lipinski definition) is 1. The standard InChI is InChI=1S/C19H32N2O3S/c1-6-8-9-17(7-2)13-20-19(22)14-21(25(5,23)24)18-12-15(3)10-11-16(18)4/h10-12,17H,6-9,13-14H2,1-5H3,(H,20,22)/t17-/m0/s1. The molecule has 0 saturated carbocycles. The van der Waals surface area contributed by atoms with Crippen molar-refractivity contribution in [3.8, 4) is 0 Å². The first-order valence-electron chi connectivity index (χ1n) is 9.00. The number of sulfonamides is 1. The van der Waals surface area contributed by atoms with Gasteiger partial charge in [-0.25, -0.2) is 8.42 Å². The van der Waals surface area contributed by atoms with E-state index in [2.05, 4.69) is 19.2 Å².